The van der Waals surface area contributed by atoms with E-state index in [9.17, 15) is 0 Å². The summed E-state index contributed by atoms with van der Waals surface area (Å²) in [4.78, 5) is 3.17. The Hall–Kier alpha value is -2.03. The monoisotopic (exact) mass is 386 g/mol. The highest BCUT2D eigenvalue weighted by Crippen LogP contribution is 2.45. The minimum absolute atomic E-state index is 0.120. The second kappa shape index (κ2) is 7.42. The zero-order valence-corrected chi connectivity index (χ0v) is 17.4. The number of likely N-dealkylation sites (tertiary alicyclic amines) is 1. The number of quaternary nitrogens is 1. The lowest BCUT2D eigenvalue weighted by Crippen LogP contribution is -3.19. The Morgan fingerprint density at radius 3 is 2.36 bits per heavy atom. The molecule has 2 aliphatic heterocycles. The molecule has 1 nitrogen and oxygen atoms in total. The van der Waals surface area contributed by atoms with Crippen LogP contribution in [0.15, 0.2) is 77.7 Å². The van der Waals surface area contributed by atoms with E-state index < -0.39 is 0 Å². The molecule has 2 aliphatic rings. The van der Waals surface area contributed by atoms with Crippen LogP contribution in [0.25, 0.3) is 0 Å². The van der Waals surface area contributed by atoms with Gasteiger partial charge in [0, 0.05) is 27.3 Å². The molecule has 1 N–H and O–H groups in total. The van der Waals surface area contributed by atoms with Crippen molar-refractivity contribution < 1.29 is 4.90 Å². The molecule has 0 bridgehead atoms. The van der Waals surface area contributed by atoms with Crippen LogP contribution in [0.3, 0.4) is 0 Å². The van der Waals surface area contributed by atoms with Crippen molar-refractivity contribution in [1.29, 1.82) is 0 Å². The van der Waals surface area contributed by atoms with Crippen LogP contribution in [0.4, 0.5) is 0 Å². The molecule has 0 radical (unpaired) electrons. The molecule has 142 valence electrons. The molecule has 0 saturated carbocycles. The van der Waals surface area contributed by atoms with E-state index in [1.807, 2.05) is 11.8 Å². The van der Waals surface area contributed by atoms with Crippen LogP contribution >= 0.6 is 11.8 Å². The van der Waals surface area contributed by atoms with E-state index in [1.165, 1.54) is 65.1 Å². The third-order valence-electron chi connectivity index (χ3n) is 6.54. The van der Waals surface area contributed by atoms with Gasteiger partial charge in [0.05, 0.1) is 13.1 Å². The molecular formula is C26H28NS+. The normalized spacial score (nSPS) is 22.2. The van der Waals surface area contributed by atoms with Crippen LogP contribution in [-0.4, -0.2) is 13.1 Å². The van der Waals surface area contributed by atoms with E-state index in [1.54, 1.807) is 4.90 Å². The lowest BCUT2D eigenvalue weighted by atomic mass is 9.73. The van der Waals surface area contributed by atoms with Crippen molar-refractivity contribution >= 4 is 11.8 Å². The number of piperidine rings is 1. The van der Waals surface area contributed by atoms with E-state index in [2.05, 4.69) is 79.7 Å². The van der Waals surface area contributed by atoms with E-state index in [0.29, 0.717) is 0 Å². The van der Waals surface area contributed by atoms with Gasteiger partial charge in [-0.3, -0.25) is 0 Å². The third-order valence-corrected chi connectivity index (χ3v) is 7.64. The summed E-state index contributed by atoms with van der Waals surface area (Å²) in [5.74, 6) is 1.05. The summed E-state index contributed by atoms with van der Waals surface area (Å²) in [5.41, 5.74) is 7.16. The average Bonchev–Trinajstić information content (AvgIpc) is 2.90. The summed E-state index contributed by atoms with van der Waals surface area (Å²) in [6, 6.07) is 27.7. The SMILES string of the molecule is Cc1ccc2c(c1)SCc1ccccc1[C@]2(c1ccccc1)[NH+]1CCCCC1. The molecule has 28 heavy (non-hydrogen) atoms. The molecule has 2 heteroatoms. The number of hydrogen-bond acceptors (Lipinski definition) is 1. The van der Waals surface area contributed by atoms with Gasteiger partial charge in [-0.15, -0.1) is 11.8 Å². The molecule has 0 aliphatic carbocycles. The Kier molecular flexibility index (Phi) is 4.78. The zero-order chi connectivity index (χ0) is 19.0. The van der Waals surface area contributed by atoms with Gasteiger partial charge in [-0.25, -0.2) is 0 Å². The first-order valence-electron chi connectivity index (χ1n) is 10.5. The molecule has 1 atom stereocenters. The minimum atomic E-state index is -0.120. The fourth-order valence-corrected chi connectivity index (χ4v) is 6.52. The van der Waals surface area contributed by atoms with Crippen molar-refractivity contribution in [2.24, 2.45) is 0 Å². The largest absolute Gasteiger partial charge is 0.319 e. The molecule has 0 spiro atoms. The lowest BCUT2D eigenvalue weighted by Gasteiger charge is -2.44. The van der Waals surface area contributed by atoms with Crippen LogP contribution in [0, 0.1) is 6.92 Å². The highest BCUT2D eigenvalue weighted by atomic mass is 32.2. The quantitative estimate of drug-likeness (QED) is 0.652. The topological polar surface area (TPSA) is 4.44 Å². The van der Waals surface area contributed by atoms with E-state index >= 15 is 0 Å². The van der Waals surface area contributed by atoms with Gasteiger partial charge < -0.3 is 4.90 Å². The van der Waals surface area contributed by atoms with Crippen molar-refractivity contribution in [3.05, 3.63) is 101 Å². The number of thioether (sulfide) groups is 1. The number of nitrogens with one attached hydrogen (secondary N) is 1. The molecule has 0 unspecified atom stereocenters. The first-order chi connectivity index (χ1) is 13.8. The molecule has 3 aromatic carbocycles. The van der Waals surface area contributed by atoms with E-state index in [4.69, 9.17) is 0 Å². The standard InChI is InChI=1S/C26H27NS/c1-20-14-15-24-25(18-20)28-19-21-10-6-7-13-23(21)26(24,22-11-4-2-5-12-22)27-16-8-3-9-17-27/h2,4-7,10-15,18H,3,8-9,16-17,19H2,1H3/p+1/t26-/m0/s1. The van der Waals surface area contributed by atoms with Gasteiger partial charge in [-0.2, -0.15) is 0 Å². The average molecular weight is 387 g/mol. The molecule has 1 fully saturated rings. The van der Waals surface area contributed by atoms with Gasteiger partial charge in [0.25, 0.3) is 0 Å². The van der Waals surface area contributed by atoms with Crippen LogP contribution in [-0.2, 0) is 11.3 Å². The van der Waals surface area contributed by atoms with Gasteiger partial charge in [-0.05, 0) is 43.4 Å². The maximum absolute atomic E-state index is 2.42. The summed E-state index contributed by atoms with van der Waals surface area (Å²) < 4.78 is 0. The molecule has 0 aromatic heterocycles. The number of fused-ring (bicyclic) bond motifs is 2. The second-order valence-electron chi connectivity index (χ2n) is 8.23. The van der Waals surface area contributed by atoms with Crippen molar-refractivity contribution in [2.75, 3.05) is 13.1 Å². The van der Waals surface area contributed by atoms with Gasteiger partial charge in [0.15, 0.2) is 5.54 Å². The third kappa shape index (κ3) is 2.82. The predicted octanol–water partition coefficient (Wildman–Crippen LogP) is 4.96. The van der Waals surface area contributed by atoms with Crippen LogP contribution in [0.1, 0.15) is 47.1 Å². The summed E-state index contributed by atoms with van der Waals surface area (Å²) in [6.07, 6.45) is 4.01. The molecule has 0 amide bonds. The van der Waals surface area contributed by atoms with Gasteiger partial charge in [0.1, 0.15) is 0 Å². The van der Waals surface area contributed by atoms with Gasteiger partial charge in [0.2, 0.25) is 0 Å². The lowest BCUT2D eigenvalue weighted by molar-refractivity contribution is -0.952. The summed E-state index contributed by atoms with van der Waals surface area (Å²) >= 11 is 2.01. The summed E-state index contributed by atoms with van der Waals surface area (Å²) in [6.45, 7) is 4.69. The van der Waals surface area contributed by atoms with Gasteiger partial charge in [-0.1, -0.05) is 66.7 Å². The molecule has 1 saturated heterocycles. The summed E-state index contributed by atoms with van der Waals surface area (Å²) in [7, 11) is 0. The number of benzene rings is 3. The van der Waals surface area contributed by atoms with E-state index in [-0.39, 0.29) is 5.54 Å². The Morgan fingerprint density at radius 1 is 0.786 bits per heavy atom. The van der Waals surface area contributed by atoms with Crippen molar-refractivity contribution in [3.8, 4) is 0 Å². The first kappa shape index (κ1) is 18.0. The predicted molar refractivity (Wildman–Crippen MR) is 118 cm³/mol. The fourth-order valence-electron chi connectivity index (χ4n) is 5.31. The second-order valence-corrected chi connectivity index (χ2v) is 9.24. The highest BCUT2D eigenvalue weighted by molar-refractivity contribution is 7.98. The Balaban J connectivity index is 1.88. The maximum atomic E-state index is 2.42. The Morgan fingerprint density at radius 2 is 1.54 bits per heavy atom. The fraction of sp³-hybridized carbons (Fsp3) is 0.308. The first-order valence-corrected chi connectivity index (χ1v) is 11.5. The smallest absolute Gasteiger partial charge is 0.176 e. The number of rotatable bonds is 2. The number of aryl methyl sites for hydroxylation is 1. The van der Waals surface area contributed by atoms with E-state index in [0.717, 1.165) is 5.75 Å². The zero-order valence-electron chi connectivity index (χ0n) is 16.6. The maximum Gasteiger partial charge on any atom is 0.176 e. The molecular weight excluding hydrogens is 358 g/mol. The van der Waals surface area contributed by atoms with Gasteiger partial charge >= 0.3 is 0 Å². The Labute approximate surface area is 172 Å². The minimum Gasteiger partial charge on any atom is -0.319 e. The number of hydrogen-bond donors (Lipinski definition) is 1. The highest BCUT2D eigenvalue weighted by Gasteiger charge is 2.49. The van der Waals surface area contributed by atoms with Crippen LogP contribution in [0.2, 0.25) is 0 Å². The molecule has 5 rings (SSSR count). The van der Waals surface area contributed by atoms with Crippen LogP contribution < -0.4 is 4.90 Å². The summed E-state index contributed by atoms with van der Waals surface area (Å²) in [5, 5.41) is 0. The molecule has 2 heterocycles. The van der Waals surface area contributed by atoms with Crippen LogP contribution in [0.5, 0.6) is 0 Å². The Bertz CT molecular complexity index is 975. The van der Waals surface area contributed by atoms with Crippen molar-refractivity contribution in [1.82, 2.24) is 0 Å². The van der Waals surface area contributed by atoms with Crippen molar-refractivity contribution in [3.63, 3.8) is 0 Å². The molecule has 3 aromatic rings. The van der Waals surface area contributed by atoms with Crippen molar-refractivity contribution in [2.45, 2.75) is 42.4 Å².